The summed E-state index contributed by atoms with van der Waals surface area (Å²) in [5, 5.41) is 10.6. The van der Waals surface area contributed by atoms with Gasteiger partial charge in [-0.05, 0) is 6.07 Å². The Bertz CT molecular complexity index is 537. The Morgan fingerprint density at radius 3 is 2.44 bits per heavy atom. The van der Waals surface area contributed by atoms with Crippen LogP contribution in [0.2, 0.25) is 0 Å². The summed E-state index contributed by atoms with van der Waals surface area (Å²) in [4.78, 5) is 21.2. The van der Waals surface area contributed by atoms with E-state index in [9.17, 15) is 23.3 Å². The first-order valence-electron chi connectivity index (χ1n) is 4.07. The molecule has 0 atom stereocenters. The SMILES string of the molecule is CS(=O)(=O)NC(=O)c1ccccc1[N+](=O)[O-]. The van der Waals surface area contributed by atoms with E-state index < -0.39 is 26.5 Å². The number of rotatable bonds is 3. The Balaban J connectivity index is 3.14. The summed E-state index contributed by atoms with van der Waals surface area (Å²) >= 11 is 0. The quantitative estimate of drug-likeness (QED) is 0.607. The Labute approximate surface area is 91.3 Å². The monoisotopic (exact) mass is 244 g/mol. The third-order valence-electron chi connectivity index (χ3n) is 1.62. The number of nitro benzene ring substituents is 1. The van der Waals surface area contributed by atoms with Gasteiger partial charge in [-0.3, -0.25) is 14.9 Å². The zero-order chi connectivity index (χ0) is 12.3. The minimum absolute atomic E-state index is 0.294. The number of carbonyl (C=O) groups is 1. The molecule has 7 nitrogen and oxygen atoms in total. The number of carbonyl (C=O) groups excluding carboxylic acids is 1. The van der Waals surface area contributed by atoms with Gasteiger partial charge in [-0.25, -0.2) is 13.1 Å². The Hall–Kier alpha value is -1.96. The first-order chi connectivity index (χ1) is 7.31. The average Bonchev–Trinajstić information content (AvgIpc) is 2.15. The van der Waals surface area contributed by atoms with Crippen LogP contribution in [0.4, 0.5) is 5.69 Å². The van der Waals surface area contributed by atoms with Gasteiger partial charge < -0.3 is 0 Å². The Morgan fingerprint density at radius 2 is 1.94 bits per heavy atom. The molecule has 0 aliphatic heterocycles. The molecule has 0 saturated carbocycles. The van der Waals surface area contributed by atoms with Crippen molar-refractivity contribution < 1.29 is 18.1 Å². The summed E-state index contributed by atoms with van der Waals surface area (Å²) in [6.07, 6.45) is 0.791. The highest BCUT2D eigenvalue weighted by Gasteiger charge is 2.21. The lowest BCUT2D eigenvalue weighted by Crippen LogP contribution is -2.29. The van der Waals surface area contributed by atoms with Crippen molar-refractivity contribution in [2.75, 3.05) is 6.26 Å². The number of benzene rings is 1. The zero-order valence-corrected chi connectivity index (χ0v) is 9.02. The van der Waals surface area contributed by atoms with Gasteiger partial charge in [0.25, 0.3) is 11.6 Å². The van der Waals surface area contributed by atoms with Crippen LogP contribution in [0.3, 0.4) is 0 Å². The standard InChI is InChI=1S/C8H8N2O5S/c1-16(14,15)9-8(11)6-4-2-3-5-7(6)10(12)13/h2-5H,1H3,(H,9,11). The van der Waals surface area contributed by atoms with Crippen LogP contribution in [-0.4, -0.2) is 25.5 Å². The second kappa shape index (κ2) is 4.27. The molecule has 0 aliphatic carbocycles. The molecule has 0 bridgehead atoms. The van der Waals surface area contributed by atoms with Crippen molar-refractivity contribution >= 4 is 21.6 Å². The van der Waals surface area contributed by atoms with Crippen LogP contribution >= 0.6 is 0 Å². The fraction of sp³-hybridized carbons (Fsp3) is 0.125. The number of hydrogen-bond donors (Lipinski definition) is 1. The van der Waals surface area contributed by atoms with E-state index in [0.717, 1.165) is 12.3 Å². The molecule has 0 radical (unpaired) electrons. The molecule has 0 aliphatic rings. The van der Waals surface area contributed by atoms with Gasteiger partial charge >= 0.3 is 0 Å². The zero-order valence-electron chi connectivity index (χ0n) is 8.21. The largest absolute Gasteiger partial charge is 0.282 e. The van der Waals surface area contributed by atoms with E-state index in [1.54, 1.807) is 4.72 Å². The van der Waals surface area contributed by atoms with E-state index >= 15 is 0 Å². The molecule has 86 valence electrons. The minimum atomic E-state index is -3.74. The number of para-hydroxylation sites is 1. The lowest BCUT2D eigenvalue weighted by Gasteiger charge is -2.02. The predicted molar refractivity (Wildman–Crippen MR) is 55.4 cm³/mol. The smallest absolute Gasteiger partial charge is 0.268 e. The summed E-state index contributed by atoms with van der Waals surface area (Å²) in [6.45, 7) is 0. The van der Waals surface area contributed by atoms with E-state index in [4.69, 9.17) is 0 Å². The molecule has 1 amide bonds. The maximum atomic E-state index is 11.4. The van der Waals surface area contributed by atoms with Crippen LogP contribution in [0.25, 0.3) is 0 Å². The van der Waals surface area contributed by atoms with Crippen LogP contribution in [0, 0.1) is 10.1 Å². The highest BCUT2D eigenvalue weighted by atomic mass is 32.2. The summed E-state index contributed by atoms with van der Waals surface area (Å²) in [6, 6.07) is 5.09. The molecule has 0 saturated heterocycles. The number of nitrogens with one attached hydrogen (secondary N) is 1. The van der Waals surface area contributed by atoms with Gasteiger partial charge in [0.1, 0.15) is 5.56 Å². The molecular weight excluding hydrogens is 236 g/mol. The van der Waals surface area contributed by atoms with Crippen molar-refractivity contribution in [1.29, 1.82) is 0 Å². The molecule has 1 N–H and O–H groups in total. The van der Waals surface area contributed by atoms with E-state index in [0.29, 0.717) is 0 Å². The number of hydrogen-bond acceptors (Lipinski definition) is 5. The predicted octanol–water partition coefficient (Wildman–Crippen LogP) is 0.284. The lowest BCUT2D eigenvalue weighted by atomic mass is 10.2. The maximum Gasteiger partial charge on any atom is 0.282 e. The number of nitro groups is 1. The molecule has 1 rings (SSSR count). The first kappa shape index (κ1) is 12.1. The van der Waals surface area contributed by atoms with Gasteiger partial charge in [-0.2, -0.15) is 0 Å². The molecule has 0 unspecified atom stereocenters. The third-order valence-corrected chi connectivity index (χ3v) is 2.18. The second-order valence-corrected chi connectivity index (χ2v) is 4.73. The highest BCUT2D eigenvalue weighted by Crippen LogP contribution is 2.17. The molecule has 0 aromatic heterocycles. The van der Waals surface area contributed by atoms with Gasteiger partial charge in [-0.15, -0.1) is 0 Å². The van der Waals surface area contributed by atoms with E-state index in [1.807, 2.05) is 0 Å². The van der Waals surface area contributed by atoms with Crippen LogP contribution < -0.4 is 4.72 Å². The van der Waals surface area contributed by atoms with E-state index in [2.05, 4.69) is 0 Å². The lowest BCUT2D eigenvalue weighted by molar-refractivity contribution is -0.385. The van der Waals surface area contributed by atoms with Gasteiger partial charge in [0.2, 0.25) is 10.0 Å². The maximum absolute atomic E-state index is 11.4. The molecule has 1 aromatic rings. The van der Waals surface area contributed by atoms with Crippen LogP contribution in [0.1, 0.15) is 10.4 Å². The average molecular weight is 244 g/mol. The van der Waals surface area contributed by atoms with Crippen molar-refractivity contribution in [3.05, 3.63) is 39.9 Å². The van der Waals surface area contributed by atoms with Gasteiger partial charge in [0.15, 0.2) is 0 Å². The fourth-order valence-corrected chi connectivity index (χ4v) is 1.49. The minimum Gasteiger partial charge on any atom is -0.268 e. The second-order valence-electron chi connectivity index (χ2n) is 2.98. The summed E-state index contributed by atoms with van der Waals surface area (Å²) in [5.74, 6) is -1.02. The van der Waals surface area contributed by atoms with Crippen LogP contribution in [0.5, 0.6) is 0 Å². The Kier molecular flexibility index (Phi) is 3.23. The molecule has 0 spiro atoms. The van der Waals surface area contributed by atoms with Crippen LogP contribution in [-0.2, 0) is 10.0 Å². The topological polar surface area (TPSA) is 106 Å². The third kappa shape index (κ3) is 3.02. The normalized spacial score (nSPS) is 10.8. The van der Waals surface area contributed by atoms with Gasteiger partial charge in [0, 0.05) is 6.07 Å². The summed E-state index contributed by atoms with van der Waals surface area (Å²) < 4.78 is 23.2. The molecule has 16 heavy (non-hydrogen) atoms. The van der Waals surface area contributed by atoms with E-state index in [-0.39, 0.29) is 5.56 Å². The summed E-state index contributed by atoms with van der Waals surface area (Å²) in [7, 11) is -3.74. The van der Waals surface area contributed by atoms with Crippen molar-refractivity contribution in [3.8, 4) is 0 Å². The van der Waals surface area contributed by atoms with Crippen LogP contribution in [0.15, 0.2) is 24.3 Å². The molecule has 0 heterocycles. The van der Waals surface area contributed by atoms with Crippen molar-refractivity contribution in [3.63, 3.8) is 0 Å². The van der Waals surface area contributed by atoms with Gasteiger partial charge in [0.05, 0.1) is 11.2 Å². The molecule has 1 aromatic carbocycles. The van der Waals surface area contributed by atoms with Crippen molar-refractivity contribution in [2.45, 2.75) is 0 Å². The Morgan fingerprint density at radius 1 is 1.38 bits per heavy atom. The van der Waals surface area contributed by atoms with Crippen molar-refractivity contribution in [2.24, 2.45) is 0 Å². The van der Waals surface area contributed by atoms with Crippen molar-refractivity contribution in [1.82, 2.24) is 4.72 Å². The highest BCUT2D eigenvalue weighted by molar-refractivity contribution is 7.89. The summed E-state index contributed by atoms with van der Waals surface area (Å²) in [5.41, 5.74) is -0.735. The number of nitrogens with zero attached hydrogens (tertiary/aromatic N) is 1. The van der Waals surface area contributed by atoms with Gasteiger partial charge in [-0.1, -0.05) is 12.1 Å². The first-order valence-corrected chi connectivity index (χ1v) is 5.96. The number of sulfonamides is 1. The van der Waals surface area contributed by atoms with E-state index in [1.165, 1.54) is 18.2 Å². The fourth-order valence-electron chi connectivity index (χ4n) is 1.05. The number of amides is 1. The molecule has 0 fully saturated rings. The molecule has 8 heteroatoms. The molecular formula is C8H8N2O5S.